The van der Waals surface area contributed by atoms with Gasteiger partial charge in [0.1, 0.15) is 12.1 Å². The number of hydrogen-bond donors (Lipinski definition) is 2. The Hall–Kier alpha value is -4.61. The third kappa shape index (κ3) is 3.53. The number of carbonyl (C=O) groups excluding carboxylic acids is 3. The molecular weight excluding hydrogens is 420 g/mol. The van der Waals surface area contributed by atoms with Crippen LogP contribution in [0.3, 0.4) is 0 Å². The van der Waals surface area contributed by atoms with E-state index in [1.165, 1.54) is 43.3 Å². The van der Waals surface area contributed by atoms with E-state index in [4.69, 9.17) is 10.3 Å². The Morgan fingerprint density at radius 2 is 1.97 bits per heavy atom. The van der Waals surface area contributed by atoms with Crippen molar-refractivity contribution in [1.82, 2.24) is 20.4 Å². The van der Waals surface area contributed by atoms with E-state index in [1.54, 1.807) is 12.1 Å². The molecule has 0 saturated carbocycles. The van der Waals surface area contributed by atoms with E-state index in [1.807, 2.05) is 0 Å². The zero-order valence-corrected chi connectivity index (χ0v) is 16.6. The van der Waals surface area contributed by atoms with Crippen molar-refractivity contribution >= 4 is 23.5 Å². The van der Waals surface area contributed by atoms with Crippen LogP contribution in [0.15, 0.2) is 53.1 Å². The summed E-state index contributed by atoms with van der Waals surface area (Å²) >= 11 is 0. The van der Waals surface area contributed by atoms with Gasteiger partial charge in [0.05, 0.1) is 4.92 Å². The van der Waals surface area contributed by atoms with Crippen LogP contribution >= 0.6 is 0 Å². The van der Waals surface area contributed by atoms with Crippen molar-refractivity contribution in [3.05, 3.63) is 75.7 Å². The summed E-state index contributed by atoms with van der Waals surface area (Å²) < 4.78 is 5.15. The Morgan fingerprint density at radius 3 is 2.62 bits per heavy atom. The molecule has 0 aliphatic carbocycles. The first-order chi connectivity index (χ1) is 15.2. The molecule has 12 nitrogen and oxygen atoms in total. The minimum Gasteiger partial charge on any atom is -0.366 e. The van der Waals surface area contributed by atoms with Crippen LogP contribution in [-0.4, -0.2) is 37.8 Å². The first-order valence-corrected chi connectivity index (χ1v) is 9.31. The van der Waals surface area contributed by atoms with Gasteiger partial charge >= 0.3 is 6.03 Å². The minimum atomic E-state index is -1.41. The first-order valence-electron chi connectivity index (χ1n) is 9.31. The molecular formula is C20H16N6O6. The van der Waals surface area contributed by atoms with Crippen LogP contribution in [0.25, 0.3) is 11.4 Å². The molecule has 162 valence electrons. The van der Waals surface area contributed by atoms with Crippen molar-refractivity contribution in [2.75, 3.05) is 0 Å². The summed E-state index contributed by atoms with van der Waals surface area (Å²) in [6.07, 6.45) is 0. The predicted molar refractivity (Wildman–Crippen MR) is 108 cm³/mol. The first kappa shape index (κ1) is 20.7. The number of nitrogens with two attached hydrogens (primary N) is 1. The maximum Gasteiger partial charge on any atom is 0.325 e. The normalized spacial score (nSPS) is 18.0. The highest BCUT2D eigenvalue weighted by Gasteiger charge is 2.49. The summed E-state index contributed by atoms with van der Waals surface area (Å²) in [5.41, 5.74) is 4.87. The number of carbonyl (C=O) groups is 3. The highest BCUT2D eigenvalue weighted by molar-refractivity contribution is 6.07. The molecule has 2 heterocycles. The van der Waals surface area contributed by atoms with Gasteiger partial charge in [-0.15, -0.1) is 0 Å². The van der Waals surface area contributed by atoms with Crippen molar-refractivity contribution in [1.29, 1.82) is 0 Å². The molecule has 32 heavy (non-hydrogen) atoms. The number of nitro benzene ring substituents is 1. The number of primary amides is 1. The third-order valence-corrected chi connectivity index (χ3v) is 5.10. The fourth-order valence-corrected chi connectivity index (χ4v) is 3.32. The van der Waals surface area contributed by atoms with Crippen molar-refractivity contribution in [3.8, 4) is 11.4 Å². The fourth-order valence-electron chi connectivity index (χ4n) is 3.32. The van der Waals surface area contributed by atoms with Gasteiger partial charge in [0, 0.05) is 23.3 Å². The summed E-state index contributed by atoms with van der Waals surface area (Å²) in [5.74, 6) is -1.08. The van der Waals surface area contributed by atoms with E-state index in [0.29, 0.717) is 11.1 Å². The number of nitro groups is 1. The van der Waals surface area contributed by atoms with Gasteiger partial charge in [-0.1, -0.05) is 17.3 Å². The van der Waals surface area contributed by atoms with Crippen LogP contribution in [0.4, 0.5) is 10.5 Å². The van der Waals surface area contributed by atoms with Crippen LogP contribution in [0.1, 0.15) is 28.7 Å². The van der Waals surface area contributed by atoms with E-state index in [-0.39, 0.29) is 29.5 Å². The van der Waals surface area contributed by atoms with Gasteiger partial charge in [-0.25, -0.2) is 4.79 Å². The number of amides is 4. The maximum absolute atomic E-state index is 13.1. The molecule has 0 bridgehead atoms. The summed E-state index contributed by atoms with van der Waals surface area (Å²) in [5, 5.41) is 17.2. The molecule has 2 aromatic carbocycles. The Morgan fingerprint density at radius 1 is 1.25 bits per heavy atom. The molecule has 1 aliphatic rings. The van der Waals surface area contributed by atoms with Gasteiger partial charge in [-0.05, 0) is 36.8 Å². The summed E-state index contributed by atoms with van der Waals surface area (Å²) in [7, 11) is 0. The largest absolute Gasteiger partial charge is 0.366 e. The molecule has 1 atom stereocenters. The molecule has 1 saturated heterocycles. The lowest BCUT2D eigenvalue weighted by Crippen LogP contribution is -2.41. The Kier molecular flexibility index (Phi) is 4.89. The molecule has 3 N–H and O–H groups in total. The van der Waals surface area contributed by atoms with Crippen molar-refractivity contribution in [2.45, 2.75) is 19.0 Å². The maximum atomic E-state index is 13.1. The van der Waals surface area contributed by atoms with Gasteiger partial charge in [0.2, 0.25) is 17.6 Å². The Labute approximate surface area is 180 Å². The molecule has 0 spiro atoms. The standard InChI is InChI=1S/C20H16N6O6/c1-20(13-4-2-3-12(9-13)16(21)27)18(28)25(19(29)23-20)10-15-22-17(24-32-15)11-5-7-14(8-6-11)26(30)31/h2-9H,10H2,1H3,(H2,21,27)(H,23,29). The van der Waals surface area contributed by atoms with Gasteiger partial charge in [-0.2, -0.15) is 4.98 Å². The van der Waals surface area contributed by atoms with Gasteiger partial charge in [-0.3, -0.25) is 24.6 Å². The van der Waals surface area contributed by atoms with Crippen molar-refractivity contribution in [3.63, 3.8) is 0 Å². The second kappa shape index (κ2) is 7.58. The lowest BCUT2D eigenvalue weighted by Gasteiger charge is -2.22. The fraction of sp³-hybridized carbons (Fsp3) is 0.150. The van der Waals surface area contributed by atoms with Gasteiger partial charge in [0.25, 0.3) is 11.6 Å². The third-order valence-electron chi connectivity index (χ3n) is 5.10. The highest BCUT2D eigenvalue weighted by atomic mass is 16.6. The zero-order valence-electron chi connectivity index (χ0n) is 16.6. The second-order valence-corrected chi connectivity index (χ2v) is 7.21. The average molecular weight is 436 g/mol. The van der Waals surface area contributed by atoms with E-state index in [2.05, 4.69) is 15.5 Å². The molecule has 4 amide bonds. The van der Waals surface area contributed by atoms with Crippen LogP contribution in [0, 0.1) is 10.1 Å². The van der Waals surface area contributed by atoms with Crippen LogP contribution in [-0.2, 0) is 16.9 Å². The summed E-state index contributed by atoms with van der Waals surface area (Å²) in [6, 6.07) is 11.0. The lowest BCUT2D eigenvalue weighted by atomic mass is 9.90. The van der Waals surface area contributed by atoms with Crippen LogP contribution in [0.2, 0.25) is 0 Å². The zero-order chi connectivity index (χ0) is 23.0. The van der Waals surface area contributed by atoms with E-state index < -0.39 is 28.3 Å². The lowest BCUT2D eigenvalue weighted by molar-refractivity contribution is -0.384. The topological polar surface area (TPSA) is 175 Å². The predicted octanol–water partition coefficient (Wildman–Crippen LogP) is 1.71. The molecule has 0 radical (unpaired) electrons. The van der Waals surface area contributed by atoms with E-state index in [9.17, 15) is 24.5 Å². The molecule has 3 aromatic rings. The number of rotatable bonds is 6. The number of urea groups is 1. The van der Waals surface area contributed by atoms with Gasteiger partial charge < -0.3 is 15.6 Å². The smallest absolute Gasteiger partial charge is 0.325 e. The number of non-ortho nitro benzene ring substituents is 1. The van der Waals surface area contributed by atoms with Crippen LogP contribution in [0.5, 0.6) is 0 Å². The number of nitrogens with one attached hydrogen (secondary N) is 1. The molecule has 4 rings (SSSR count). The van der Waals surface area contributed by atoms with Crippen molar-refractivity contribution < 1.29 is 23.8 Å². The second-order valence-electron chi connectivity index (χ2n) is 7.21. The van der Waals surface area contributed by atoms with E-state index >= 15 is 0 Å². The highest BCUT2D eigenvalue weighted by Crippen LogP contribution is 2.30. The van der Waals surface area contributed by atoms with Gasteiger partial charge in [0.15, 0.2) is 0 Å². The molecule has 1 aromatic heterocycles. The quantitative estimate of drug-likeness (QED) is 0.333. The summed E-state index contributed by atoms with van der Waals surface area (Å²) in [4.78, 5) is 52.4. The number of hydrogen-bond acceptors (Lipinski definition) is 8. The van der Waals surface area contributed by atoms with Crippen molar-refractivity contribution in [2.24, 2.45) is 5.73 Å². The number of aromatic nitrogens is 2. The number of nitrogens with zero attached hydrogens (tertiary/aromatic N) is 4. The molecule has 12 heteroatoms. The number of imide groups is 1. The summed E-state index contributed by atoms with van der Waals surface area (Å²) in [6.45, 7) is 1.24. The molecule has 1 fully saturated rings. The van der Waals surface area contributed by atoms with Crippen LogP contribution < -0.4 is 11.1 Å². The Balaban J connectivity index is 1.55. The minimum absolute atomic E-state index is 0.00279. The van der Waals surface area contributed by atoms with E-state index in [0.717, 1.165) is 4.90 Å². The molecule has 1 unspecified atom stereocenters. The average Bonchev–Trinajstić information content (AvgIpc) is 3.33. The molecule has 1 aliphatic heterocycles. The Bertz CT molecular complexity index is 1250. The SMILES string of the molecule is CC1(c2cccc(C(N)=O)c2)NC(=O)N(Cc2nc(-c3ccc([N+](=O)[O-])cc3)no2)C1=O. The number of benzene rings is 2. The monoisotopic (exact) mass is 436 g/mol.